The SMILES string of the molecule is O=C(Cc1ccc(Sc2ccc3cc(OCCN4CCOCC4)ccc3c2)cc1)Nc1ccccc1C(=O)O. The Labute approximate surface area is 231 Å². The van der Waals surface area contributed by atoms with Gasteiger partial charge >= 0.3 is 5.97 Å². The van der Waals surface area contributed by atoms with Crippen molar-refractivity contribution in [2.75, 3.05) is 44.8 Å². The van der Waals surface area contributed by atoms with Gasteiger partial charge in [-0.05, 0) is 64.9 Å². The molecule has 7 nitrogen and oxygen atoms in total. The molecule has 0 unspecified atom stereocenters. The van der Waals surface area contributed by atoms with E-state index in [1.165, 1.54) is 6.07 Å². The van der Waals surface area contributed by atoms with Gasteiger partial charge in [-0.1, -0.05) is 48.2 Å². The molecule has 0 atom stereocenters. The first kappa shape index (κ1) is 26.7. The normalized spacial score (nSPS) is 13.7. The lowest BCUT2D eigenvalue weighted by molar-refractivity contribution is -0.115. The van der Waals surface area contributed by atoms with Crippen LogP contribution in [0.2, 0.25) is 0 Å². The van der Waals surface area contributed by atoms with Crippen molar-refractivity contribution >= 4 is 40.1 Å². The highest BCUT2D eigenvalue weighted by molar-refractivity contribution is 7.99. The topological polar surface area (TPSA) is 88.1 Å². The quantitative estimate of drug-likeness (QED) is 0.270. The summed E-state index contributed by atoms with van der Waals surface area (Å²) in [5, 5.41) is 14.3. The first-order valence-electron chi connectivity index (χ1n) is 12.9. The van der Waals surface area contributed by atoms with E-state index >= 15 is 0 Å². The van der Waals surface area contributed by atoms with Gasteiger partial charge in [0.25, 0.3) is 0 Å². The zero-order valence-electron chi connectivity index (χ0n) is 21.5. The minimum Gasteiger partial charge on any atom is -0.492 e. The summed E-state index contributed by atoms with van der Waals surface area (Å²) in [4.78, 5) is 28.4. The number of amides is 1. The van der Waals surface area contributed by atoms with Gasteiger partial charge in [0.2, 0.25) is 5.91 Å². The summed E-state index contributed by atoms with van der Waals surface area (Å²) in [6, 6.07) is 26.8. The molecule has 0 aromatic heterocycles. The molecule has 39 heavy (non-hydrogen) atoms. The molecule has 0 saturated carbocycles. The minimum atomic E-state index is -1.07. The molecule has 0 radical (unpaired) electrons. The number of carboxylic acid groups (broad SMARTS) is 1. The second-order valence-electron chi connectivity index (χ2n) is 9.29. The fraction of sp³-hybridized carbons (Fsp3) is 0.226. The molecular weight excluding hydrogens is 512 g/mol. The largest absolute Gasteiger partial charge is 0.492 e. The van der Waals surface area contributed by atoms with Crippen molar-refractivity contribution in [1.29, 1.82) is 0 Å². The van der Waals surface area contributed by atoms with E-state index in [1.807, 2.05) is 30.3 Å². The Bertz CT molecular complexity index is 1450. The number of fused-ring (bicyclic) bond motifs is 1. The number of aromatic carboxylic acids is 1. The number of benzene rings is 4. The monoisotopic (exact) mass is 542 g/mol. The number of para-hydroxylation sites is 1. The summed E-state index contributed by atoms with van der Waals surface area (Å²) in [5.74, 6) is -0.459. The van der Waals surface area contributed by atoms with E-state index in [4.69, 9.17) is 9.47 Å². The Balaban J connectivity index is 1.15. The molecule has 1 saturated heterocycles. The van der Waals surface area contributed by atoms with E-state index < -0.39 is 5.97 Å². The van der Waals surface area contributed by atoms with Crippen molar-refractivity contribution in [1.82, 2.24) is 4.90 Å². The minimum absolute atomic E-state index is 0.0699. The third-order valence-electron chi connectivity index (χ3n) is 6.52. The fourth-order valence-corrected chi connectivity index (χ4v) is 5.31. The van der Waals surface area contributed by atoms with Gasteiger partial charge < -0.3 is 19.9 Å². The summed E-state index contributed by atoms with van der Waals surface area (Å²) in [7, 11) is 0. The lowest BCUT2D eigenvalue weighted by Crippen LogP contribution is -2.38. The van der Waals surface area contributed by atoms with E-state index in [-0.39, 0.29) is 17.9 Å². The Morgan fingerprint density at radius 1 is 0.897 bits per heavy atom. The smallest absolute Gasteiger partial charge is 0.337 e. The molecule has 1 aliphatic heterocycles. The standard InChI is InChI=1S/C31H30N2O5S/c34-30(32-29-4-2-1-3-28(29)31(35)36)19-22-5-10-26(11-6-22)39-27-12-8-23-20-25(9-7-24(23)21-27)38-18-15-33-13-16-37-17-14-33/h1-12,20-21H,13-19H2,(H,32,34)(H,35,36). The van der Waals surface area contributed by atoms with Crippen molar-refractivity contribution in [2.45, 2.75) is 16.2 Å². The Morgan fingerprint density at radius 2 is 1.62 bits per heavy atom. The number of morpholine rings is 1. The lowest BCUT2D eigenvalue weighted by Gasteiger charge is -2.26. The molecular formula is C31H30N2O5S. The van der Waals surface area contributed by atoms with E-state index in [9.17, 15) is 14.7 Å². The third kappa shape index (κ3) is 7.38. The summed E-state index contributed by atoms with van der Waals surface area (Å²) in [6.45, 7) is 5.07. The van der Waals surface area contributed by atoms with Gasteiger partial charge in [-0.15, -0.1) is 0 Å². The maximum atomic E-state index is 12.5. The number of hydrogen-bond donors (Lipinski definition) is 2. The van der Waals surface area contributed by atoms with Crippen molar-refractivity contribution in [3.63, 3.8) is 0 Å². The Morgan fingerprint density at radius 3 is 2.41 bits per heavy atom. The first-order valence-corrected chi connectivity index (χ1v) is 13.7. The fourth-order valence-electron chi connectivity index (χ4n) is 4.44. The molecule has 8 heteroatoms. The van der Waals surface area contributed by atoms with Gasteiger partial charge in [-0.3, -0.25) is 9.69 Å². The van der Waals surface area contributed by atoms with E-state index in [1.54, 1.807) is 30.0 Å². The zero-order valence-corrected chi connectivity index (χ0v) is 22.3. The molecule has 2 N–H and O–H groups in total. The maximum Gasteiger partial charge on any atom is 0.337 e. The van der Waals surface area contributed by atoms with Gasteiger partial charge in [0.1, 0.15) is 12.4 Å². The average molecular weight is 543 g/mol. The molecule has 1 fully saturated rings. The van der Waals surface area contributed by atoms with Crippen molar-refractivity contribution < 1.29 is 24.2 Å². The Hall–Kier alpha value is -3.85. The number of hydrogen-bond acceptors (Lipinski definition) is 6. The number of carboxylic acids is 1. The average Bonchev–Trinajstić information content (AvgIpc) is 2.95. The molecule has 200 valence electrons. The molecule has 1 amide bonds. The second-order valence-corrected chi connectivity index (χ2v) is 10.4. The van der Waals surface area contributed by atoms with Crippen LogP contribution in [-0.4, -0.2) is 61.3 Å². The third-order valence-corrected chi connectivity index (χ3v) is 7.52. The molecule has 4 aromatic rings. The lowest BCUT2D eigenvalue weighted by atomic mass is 10.1. The predicted molar refractivity (Wildman–Crippen MR) is 153 cm³/mol. The van der Waals surface area contributed by atoms with Gasteiger partial charge in [0.05, 0.1) is 30.9 Å². The van der Waals surface area contributed by atoms with Crippen LogP contribution in [0.15, 0.2) is 94.7 Å². The van der Waals surface area contributed by atoms with Crippen molar-refractivity contribution in [3.8, 4) is 5.75 Å². The van der Waals surface area contributed by atoms with Crippen LogP contribution in [0.5, 0.6) is 5.75 Å². The number of nitrogens with one attached hydrogen (secondary N) is 1. The number of carbonyl (C=O) groups excluding carboxylic acids is 1. The van der Waals surface area contributed by atoms with Crippen LogP contribution in [-0.2, 0) is 16.0 Å². The van der Waals surface area contributed by atoms with Gasteiger partial charge in [0, 0.05) is 29.4 Å². The molecule has 1 aliphatic rings. The van der Waals surface area contributed by atoms with Crippen LogP contribution in [0.25, 0.3) is 10.8 Å². The highest BCUT2D eigenvalue weighted by Gasteiger charge is 2.13. The van der Waals surface area contributed by atoms with Crippen LogP contribution in [0.1, 0.15) is 15.9 Å². The summed E-state index contributed by atoms with van der Waals surface area (Å²) < 4.78 is 11.4. The summed E-state index contributed by atoms with van der Waals surface area (Å²) in [5.41, 5.74) is 1.22. The molecule has 1 heterocycles. The zero-order chi connectivity index (χ0) is 27.0. The highest BCUT2D eigenvalue weighted by atomic mass is 32.2. The molecule has 0 bridgehead atoms. The van der Waals surface area contributed by atoms with Crippen molar-refractivity contribution in [3.05, 3.63) is 96.1 Å². The summed E-state index contributed by atoms with van der Waals surface area (Å²) in [6.07, 6.45) is 0.158. The molecule has 5 rings (SSSR count). The maximum absolute atomic E-state index is 12.5. The van der Waals surface area contributed by atoms with Crippen LogP contribution in [0.3, 0.4) is 0 Å². The number of ether oxygens (including phenoxy) is 2. The number of anilines is 1. The Kier molecular flexibility index (Phi) is 8.78. The van der Waals surface area contributed by atoms with Gasteiger partial charge in [0.15, 0.2) is 0 Å². The van der Waals surface area contributed by atoms with Crippen LogP contribution >= 0.6 is 11.8 Å². The van der Waals surface area contributed by atoms with Gasteiger partial charge in [-0.2, -0.15) is 0 Å². The summed E-state index contributed by atoms with van der Waals surface area (Å²) >= 11 is 1.66. The molecule has 0 spiro atoms. The first-order chi connectivity index (χ1) is 19.0. The van der Waals surface area contributed by atoms with E-state index in [2.05, 4.69) is 40.5 Å². The molecule has 4 aromatic carbocycles. The van der Waals surface area contributed by atoms with Crippen LogP contribution in [0.4, 0.5) is 5.69 Å². The predicted octanol–water partition coefficient (Wildman–Crippen LogP) is 5.58. The molecule has 0 aliphatic carbocycles. The highest BCUT2D eigenvalue weighted by Crippen LogP contribution is 2.31. The number of nitrogens with zero attached hydrogens (tertiary/aromatic N) is 1. The van der Waals surface area contributed by atoms with Crippen LogP contribution < -0.4 is 10.1 Å². The van der Waals surface area contributed by atoms with Crippen LogP contribution in [0, 0.1) is 0 Å². The van der Waals surface area contributed by atoms with Crippen molar-refractivity contribution in [2.24, 2.45) is 0 Å². The second kappa shape index (κ2) is 12.8. The number of rotatable bonds is 10. The van der Waals surface area contributed by atoms with E-state index in [0.717, 1.165) is 64.7 Å². The van der Waals surface area contributed by atoms with E-state index in [0.29, 0.717) is 12.3 Å². The van der Waals surface area contributed by atoms with Gasteiger partial charge in [-0.25, -0.2) is 4.79 Å². The number of carbonyl (C=O) groups is 2.